The minimum Gasteiger partial charge on any atom is -0.427 e. The third kappa shape index (κ3) is 12.4. The van der Waals surface area contributed by atoms with Gasteiger partial charge in [0.1, 0.15) is 5.76 Å². The van der Waals surface area contributed by atoms with E-state index in [0.717, 1.165) is 23.1 Å². The van der Waals surface area contributed by atoms with Crippen LogP contribution >= 0.6 is 0 Å². The van der Waals surface area contributed by atoms with Crippen LogP contribution in [0.15, 0.2) is 115 Å². The van der Waals surface area contributed by atoms with Crippen molar-refractivity contribution in [2.45, 2.75) is 130 Å². The number of ether oxygens (including phenoxy) is 3. The molecule has 0 heterocycles. The summed E-state index contributed by atoms with van der Waals surface area (Å²) in [5.74, 6) is 0.0873. The first-order valence-corrected chi connectivity index (χ1v) is 21.7. The quantitative estimate of drug-likeness (QED) is 0.0536. The summed E-state index contributed by atoms with van der Waals surface area (Å²) in [5.41, 5.74) is 3.76. The van der Waals surface area contributed by atoms with Gasteiger partial charge in [-0.05, 0) is 87.5 Å². The summed E-state index contributed by atoms with van der Waals surface area (Å²) < 4.78 is 26.9. The molecule has 0 aliphatic carbocycles. The summed E-state index contributed by atoms with van der Waals surface area (Å²) in [7, 11) is -2.03. The Kier molecular flexibility index (Phi) is 16.1. The van der Waals surface area contributed by atoms with E-state index in [2.05, 4.69) is 111 Å². The van der Waals surface area contributed by atoms with Gasteiger partial charge < -0.3 is 18.6 Å². The van der Waals surface area contributed by atoms with E-state index in [1.54, 1.807) is 12.1 Å². The Morgan fingerprint density at radius 1 is 0.745 bits per heavy atom. The van der Waals surface area contributed by atoms with Gasteiger partial charge in [0, 0.05) is 17.9 Å². The highest BCUT2D eigenvalue weighted by Crippen LogP contribution is 2.40. The van der Waals surface area contributed by atoms with E-state index in [1.807, 2.05) is 55.5 Å². The molecule has 0 N–H and O–H groups in total. The molecule has 3 aromatic rings. The fourth-order valence-electron chi connectivity index (χ4n) is 6.18. The van der Waals surface area contributed by atoms with Crippen LogP contribution in [-0.4, -0.2) is 32.6 Å². The Labute approximate surface area is 310 Å². The maximum absolute atomic E-state index is 13.2. The summed E-state index contributed by atoms with van der Waals surface area (Å²) in [4.78, 5) is 13.2. The Hall–Kier alpha value is -3.29. The third-order valence-electron chi connectivity index (χ3n) is 10.6. The molecule has 0 aliphatic heterocycles. The Morgan fingerprint density at radius 3 is 1.65 bits per heavy atom. The maximum Gasteiger partial charge on any atom is 0.343 e. The second-order valence-corrected chi connectivity index (χ2v) is 20.3. The van der Waals surface area contributed by atoms with Crippen molar-refractivity contribution in [3.63, 3.8) is 0 Å². The number of rotatable bonds is 19. The maximum atomic E-state index is 13.2. The number of allylic oxidation sites excluding steroid dienone is 1. The monoisotopic (exact) mass is 712 g/mol. The second-order valence-electron chi connectivity index (χ2n) is 15.5. The van der Waals surface area contributed by atoms with Gasteiger partial charge in [-0.25, -0.2) is 4.79 Å². The number of benzene rings is 3. The number of hydrogen-bond acceptors (Lipinski definition) is 5. The zero-order chi connectivity index (χ0) is 37.8. The molecule has 0 amide bonds. The molecular weight excluding hydrogens is 649 g/mol. The molecule has 0 saturated heterocycles. The van der Waals surface area contributed by atoms with Crippen LogP contribution in [0.3, 0.4) is 0 Å². The predicted octanol–water partition coefficient (Wildman–Crippen LogP) is 12.4. The average Bonchev–Trinajstić information content (AvgIpc) is 3.12. The lowest BCUT2D eigenvalue weighted by Crippen LogP contribution is -2.47. The molecule has 0 spiro atoms. The summed E-state index contributed by atoms with van der Waals surface area (Å²) in [6.45, 7) is 28.8. The van der Waals surface area contributed by atoms with Crippen molar-refractivity contribution in [2.24, 2.45) is 11.8 Å². The number of carbonyl (C=O) groups excluding carboxylic acids is 1. The van der Waals surface area contributed by atoms with Crippen molar-refractivity contribution >= 4 is 14.3 Å². The molecule has 0 radical (unpaired) electrons. The van der Waals surface area contributed by atoms with Gasteiger partial charge in [0.25, 0.3) is 0 Å². The minimum absolute atomic E-state index is 0.0442. The fourth-order valence-corrected chi connectivity index (χ4v) is 7.67. The van der Waals surface area contributed by atoms with Crippen LogP contribution in [0.2, 0.25) is 18.1 Å². The van der Waals surface area contributed by atoms with Crippen molar-refractivity contribution in [3.8, 4) is 0 Å². The lowest BCUT2D eigenvalue weighted by atomic mass is 9.88. The first-order chi connectivity index (χ1) is 24.1. The van der Waals surface area contributed by atoms with Crippen LogP contribution < -0.4 is 0 Å². The zero-order valence-electron chi connectivity index (χ0n) is 33.1. The molecule has 0 fully saturated rings. The fraction of sp³-hybridized carbons (Fsp3) is 0.489. The van der Waals surface area contributed by atoms with Crippen molar-refractivity contribution in [1.29, 1.82) is 0 Å². The van der Waals surface area contributed by atoms with Gasteiger partial charge in [0.15, 0.2) is 8.32 Å². The van der Waals surface area contributed by atoms with E-state index in [-0.39, 0.29) is 53.4 Å². The molecule has 51 heavy (non-hydrogen) atoms. The van der Waals surface area contributed by atoms with Gasteiger partial charge in [-0.1, -0.05) is 133 Å². The topological polar surface area (TPSA) is 54.0 Å². The number of esters is 1. The summed E-state index contributed by atoms with van der Waals surface area (Å²) >= 11 is 0. The molecule has 7 atom stereocenters. The van der Waals surface area contributed by atoms with Crippen molar-refractivity contribution in [1.82, 2.24) is 0 Å². The van der Waals surface area contributed by atoms with Crippen LogP contribution in [0.5, 0.6) is 0 Å². The summed E-state index contributed by atoms with van der Waals surface area (Å²) in [6, 6.07) is 29.7. The van der Waals surface area contributed by atoms with E-state index < -0.39 is 8.32 Å². The highest BCUT2D eigenvalue weighted by atomic mass is 28.4. The van der Waals surface area contributed by atoms with Gasteiger partial charge >= 0.3 is 5.97 Å². The van der Waals surface area contributed by atoms with E-state index in [1.165, 1.54) is 0 Å². The third-order valence-corrected chi connectivity index (χ3v) is 15.1. The Morgan fingerprint density at radius 2 is 1.20 bits per heavy atom. The molecule has 0 aromatic heterocycles. The molecule has 3 aromatic carbocycles. The Balaban J connectivity index is 1.91. The van der Waals surface area contributed by atoms with Crippen LogP contribution in [0.4, 0.5) is 0 Å². The average molecular weight is 713 g/mol. The molecule has 278 valence electrons. The molecule has 3 rings (SSSR count). The van der Waals surface area contributed by atoms with Crippen molar-refractivity contribution in [3.05, 3.63) is 132 Å². The molecule has 0 unspecified atom stereocenters. The van der Waals surface area contributed by atoms with Gasteiger partial charge in [-0.15, -0.1) is 0 Å². The van der Waals surface area contributed by atoms with Gasteiger partial charge in [-0.2, -0.15) is 0 Å². The Bertz CT molecular complexity index is 1510. The van der Waals surface area contributed by atoms with Gasteiger partial charge in [-0.3, -0.25) is 0 Å². The lowest BCUT2D eigenvalue weighted by molar-refractivity contribution is -0.0646. The molecule has 5 nitrogen and oxygen atoms in total. The highest BCUT2D eigenvalue weighted by molar-refractivity contribution is 6.74. The van der Waals surface area contributed by atoms with E-state index in [9.17, 15) is 4.79 Å². The normalized spacial score (nSPS) is 16.7. The van der Waals surface area contributed by atoms with E-state index in [4.69, 9.17) is 18.6 Å². The first-order valence-electron chi connectivity index (χ1n) is 18.8. The van der Waals surface area contributed by atoms with Crippen LogP contribution in [0, 0.1) is 11.8 Å². The smallest absolute Gasteiger partial charge is 0.343 e. The largest absolute Gasteiger partial charge is 0.427 e. The standard InChI is InChI=1S/C45H64O5Si/c1-13-40(49-44(46)39-28-22-17-23-29-39)33(4)42(47-35(6)37-24-18-15-19-25-37)30-32(3)31-43(48-36(7)38-26-20-16-21-27-38)34(5)41(14-2)50-51(11,12)45(8,9)10/h13,15-29,33-36,41-43H,3,14,30-31H2,1-2,4-12H3/b40-13+/t33-,34+,35+,36+,41-,42+,43+/m1/s1. The first kappa shape index (κ1) is 42.1. The molecular formula is C45H64O5Si. The SMILES string of the molecule is C=C(C[C@H](O[C@@H](C)c1ccccc1)[C@@H](C)[C@@H](CC)O[Si](C)(C)C(C)(C)C)C[C@H](O[C@@H](C)c1ccccc1)[C@H](C)/C(=C\C)OC(=O)c1ccccc1. The number of hydrogen-bond donors (Lipinski definition) is 0. The van der Waals surface area contributed by atoms with Crippen LogP contribution in [0.25, 0.3) is 0 Å². The van der Waals surface area contributed by atoms with Gasteiger partial charge in [0.2, 0.25) is 0 Å². The number of carbonyl (C=O) groups is 1. The molecule has 0 saturated carbocycles. The van der Waals surface area contributed by atoms with Crippen LogP contribution in [0.1, 0.15) is 115 Å². The molecule has 6 heteroatoms. The van der Waals surface area contributed by atoms with Crippen molar-refractivity contribution in [2.75, 3.05) is 0 Å². The molecule has 0 aliphatic rings. The lowest BCUT2D eigenvalue weighted by Gasteiger charge is -2.42. The van der Waals surface area contributed by atoms with E-state index >= 15 is 0 Å². The van der Waals surface area contributed by atoms with E-state index in [0.29, 0.717) is 24.2 Å². The molecule has 0 bridgehead atoms. The minimum atomic E-state index is -2.03. The predicted molar refractivity (Wildman–Crippen MR) is 214 cm³/mol. The second kappa shape index (κ2) is 19.5. The van der Waals surface area contributed by atoms with Crippen LogP contribution in [-0.2, 0) is 18.6 Å². The zero-order valence-corrected chi connectivity index (χ0v) is 34.1. The van der Waals surface area contributed by atoms with Gasteiger partial charge in [0.05, 0.1) is 30.0 Å². The summed E-state index contributed by atoms with van der Waals surface area (Å²) in [6.07, 6.45) is 3.31. The highest BCUT2D eigenvalue weighted by Gasteiger charge is 2.41. The van der Waals surface area contributed by atoms with Crippen molar-refractivity contribution < 1.29 is 23.4 Å². The summed E-state index contributed by atoms with van der Waals surface area (Å²) in [5, 5.41) is 0.0992.